The predicted octanol–water partition coefficient (Wildman–Crippen LogP) is 1.82. The molecule has 84 valence electrons. The van der Waals surface area contributed by atoms with E-state index in [0.717, 1.165) is 17.6 Å². The number of likely N-dealkylation sites (N-methyl/N-ethyl adjacent to an activating group) is 2. The normalized spacial score (nSPS) is 12.1. The Labute approximate surface area is 93.7 Å². The minimum absolute atomic E-state index is 1.04. The van der Waals surface area contributed by atoms with E-state index in [1.165, 1.54) is 12.1 Å². The van der Waals surface area contributed by atoms with Gasteiger partial charge in [-0.15, -0.1) is 0 Å². The Kier molecular flexibility index (Phi) is 4.30. The van der Waals surface area contributed by atoms with E-state index in [9.17, 15) is 0 Å². The molecule has 0 aromatic heterocycles. The number of nitrogens with zero attached hydrogens (tertiary/aromatic N) is 2. The quantitative estimate of drug-likeness (QED) is 0.666. The molecule has 0 fully saturated rings. The van der Waals surface area contributed by atoms with Crippen LogP contribution in [0.2, 0.25) is 0 Å². The Morgan fingerprint density at radius 3 is 2.20 bits per heavy atom. The average molecular weight is 207 g/mol. The SMILES string of the molecule is CN(C)CC[N+](C)(C)Cc1ccccc1. The zero-order valence-electron chi connectivity index (χ0n) is 10.4. The fourth-order valence-corrected chi connectivity index (χ4v) is 1.63. The van der Waals surface area contributed by atoms with E-state index in [-0.39, 0.29) is 0 Å². The molecule has 2 nitrogen and oxygen atoms in total. The summed E-state index contributed by atoms with van der Waals surface area (Å²) in [6.45, 7) is 3.43. The highest BCUT2D eigenvalue weighted by atomic mass is 15.3. The lowest BCUT2D eigenvalue weighted by molar-refractivity contribution is -0.903. The van der Waals surface area contributed by atoms with Crippen LogP contribution in [0, 0.1) is 0 Å². The van der Waals surface area contributed by atoms with E-state index >= 15 is 0 Å². The summed E-state index contributed by atoms with van der Waals surface area (Å²) in [5.74, 6) is 0. The topological polar surface area (TPSA) is 3.24 Å². The van der Waals surface area contributed by atoms with Crippen molar-refractivity contribution >= 4 is 0 Å². The molecule has 0 N–H and O–H groups in total. The van der Waals surface area contributed by atoms with E-state index in [1.807, 2.05) is 0 Å². The van der Waals surface area contributed by atoms with Gasteiger partial charge in [0.15, 0.2) is 0 Å². The molecule has 0 atom stereocenters. The number of hydrogen-bond acceptors (Lipinski definition) is 1. The molecule has 0 unspecified atom stereocenters. The molecule has 2 heteroatoms. The molecule has 0 radical (unpaired) electrons. The van der Waals surface area contributed by atoms with Gasteiger partial charge in [0, 0.05) is 12.1 Å². The van der Waals surface area contributed by atoms with Crippen molar-refractivity contribution in [2.45, 2.75) is 6.54 Å². The molecule has 0 aliphatic rings. The molecule has 0 amide bonds. The number of hydrogen-bond donors (Lipinski definition) is 0. The molecule has 0 aliphatic heterocycles. The summed E-state index contributed by atoms with van der Waals surface area (Å²) in [7, 11) is 8.83. The highest BCUT2D eigenvalue weighted by Gasteiger charge is 2.15. The van der Waals surface area contributed by atoms with E-state index in [0.29, 0.717) is 0 Å². The highest BCUT2D eigenvalue weighted by molar-refractivity contribution is 5.13. The van der Waals surface area contributed by atoms with Gasteiger partial charge in [0.25, 0.3) is 0 Å². The summed E-state index contributed by atoms with van der Waals surface area (Å²) >= 11 is 0. The molecule has 0 saturated heterocycles. The molecule has 1 aromatic carbocycles. The van der Waals surface area contributed by atoms with Gasteiger partial charge < -0.3 is 9.38 Å². The lowest BCUT2D eigenvalue weighted by atomic mass is 10.2. The molecule has 0 aliphatic carbocycles. The van der Waals surface area contributed by atoms with Crippen LogP contribution in [-0.2, 0) is 6.54 Å². The van der Waals surface area contributed by atoms with Crippen LogP contribution in [0.5, 0.6) is 0 Å². The maximum Gasteiger partial charge on any atom is 0.104 e. The first-order valence-electron chi connectivity index (χ1n) is 5.50. The fraction of sp³-hybridized carbons (Fsp3) is 0.538. The lowest BCUT2D eigenvalue weighted by Crippen LogP contribution is -2.43. The molecule has 1 rings (SSSR count). The van der Waals surface area contributed by atoms with Crippen LogP contribution in [0.3, 0.4) is 0 Å². The van der Waals surface area contributed by atoms with Gasteiger partial charge in [-0.25, -0.2) is 0 Å². The Morgan fingerprint density at radius 1 is 1.07 bits per heavy atom. The minimum atomic E-state index is 1.04. The van der Waals surface area contributed by atoms with Crippen molar-refractivity contribution in [2.24, 2.45) is 0 Å². The third-order valence-corrected chi connectivity index (χ3v) is 2.61. The van der Waals surface area contributed by atoms with E-state index in [1.54, 1.807) is 0 Å². The molecule has 0 heterocycles. The fourth-order valence-electron chi connectivity index (χ4n) is 1.63. The second-order valence-electron chi connectivity index (χ2n) is 5.11. The number of benzene rings is 1. The second kappa shape index (κ2) is 5.29. The first-order valence-corrected chi connectivity index (χ1v) is 5.50. The summed E-state index contributed by atoms with van der Waals surface area (Å²) in [4.78, 5) is 2.24. The molecule has 0 spiro atoms. The van der Waals surface area contributed by atoms with Gasteiger partial charge in [0.2, 0.25) is 0 Å². The molecular formula is C13H23N2+. The maximum absolute atomic E-state index is 2.29. The van der Waals surface area contributed by atoms with E-state index in [2.05, 4.69) is 63.4 Å². The predicted molar refractivity (Wildman–Crippen MR) is 65.7 cm³/mol. The first kappa shape index (κ1) is 12.2. The summed E-state index contributed by atoms with van der Waals surface area (Å²) in [5, 5.41) is 0. The lowest BCUT2D eigenvalue weighted by Gasteiger charge is -2.31. The molecule has 0 saturated carbocycles. The second-order valence-corrected chi connectivity index (χ2v) is 5.11. The van der Waals surface area contributed by atoms with Crippen LogP contribution in [0.25, 0.3) is 0 Å². The van der Waals surface area contributed by atoms with Crippen molar-refractivity contribution in [3.63, 3.8) is 0 Å². The minimum Gasteiger partial charge on any atom is -0.324 e. The van der Waals surface area contributed by atoms with Crippen molar-refractivity contribution in [3.05, 3.63) is 35.9 Å². The van der Waals surface area contributed by atoms with Gasteiger partial charge >= 0.3 is 0 Å². The van der Waals surface area contributed by atoms with Crippen molar-refractivity contribution in [1.82, 2.24) is 4.90 Å². The van der Waals surface area contributed by atoms with E-state index in [4.69, 9.17) is 0 Å². The standard InChI is InChI=1S/C13H23N2/c1-14(2)10-11-15(3,4)12-13-8-6-5-7-9-13/h5-9H,10-12H2,1-4H3/q+1. The first-order chi connectivity index (χ1) is 6.99. The monoisotopic (exact) mass is 207 g/mol. The number of rotatable bonds is 5. The van der Waals surface area contributed by atoms with Crippen LogP contribution < -0.4 is 0 Å². The average Bonchev–Trinajstić information content (AvgIpc) is 2.16. The molecular weight excluding hydrogens is 184 g/mol. The largest absolute Gasteiger partial charge is 0.324 e. The summed E-state index contributed by atoms with van der Waals surface area (Å²) < 4.78 is 1.04. The van der Waals surface area contributed by atoms with E-state index < -0.39 is 0 Å². The Morgan fingerprint density at radius 2 is 1.67 bits per heavy atom. The maximum atomic E-state index is 2.29. The van der Waals surface area contributed by atoms with Crippen molar-refractivity contribution in [2.75, 3.05) is 41.3 Å². The van der Waals surface area contributed by atoms with Gasteiger partial charge in [-0.1, -0.05) is 30.3 Å². The zero-order valence-corrected chi connectivity index (χ0v) is 10.4. The molecule has 0 bridgehead atoms. The third kappa shape index (κ3) is 4.96. The van der Waals surface area contributed by atoms with Gasteiger partial charge in [-0.3, -0.25) is 0 Å². The van der Waals surface area contributed by atoms with Crippen LogP contribution >= 0.6 is 0 Å². The summed E-state index contributed by atoms with van der Waals surface area (Å²) in [6.07, 6.45) is 0. The van der Waals surface area contributed by atoms with Crippen LogP contribution in [-0.4, -0.2) is 50.7 Å². The van der Waals surface area contributed by atoms with Gasteiger partial charge in [0.05, 0.1) is 20.6 Å². The van der Waals surface area contributed by atoms with Crippen molar-refractivity contribution in [1.29, 1.82) is 0 Å². The van der Waals surface area contributed by atoms with Gasteiger partial charge in [-0.05, 0) is 14.1 Å². The van der Waals surface area contributed by atoms with Crippen LogP contribution in [0.15, 0.2) is 30.3 Å². The zero-order chi connectivity index (χ0) is 11.3. The molecule has 15 heavy (non-hydrogen) atoms. The highest BCUT2D eigenvalue weighted by Crippen LogP contribution is 2.08. The van der Waals surface area contributed by atoms with Crippen LogP contribution in [0.4, 0.5) is 0 Å². The van der Waals surface area contributed by atoms with Gasteiger partial charge in [0.1, 0.15) is 6.54 Å². The summed E-state index contributed by atoms with van der Waals surface area (Å²) in [6, 6.07) is 10.7. The van der Waals surface area contributed by atoms with Gasteiger partial charge in [-0.2, -0.15) is 0 Å². The molecule has 1 aromatic rings. The third-order valence-electron chi connectivity index (χ3n) is 2.61. The Bertz CT molecular complexity index is 278. The van der Waals surface area contributed by atoms with Crippen molar-refractivity contribution in [3.8, 4) is 0 Å². The Hall–Kier alpha value is -0.860. The van der Waals surface area contributed by atoms with Crippen LogP contribution in [0.1, 0.15) is 5.56 Å². The number of quaternary nitrogens is 1. The van der Waals surface area contributed by atoms with Crippen molar-refractivity contribution < 1.29 is 4.48 Å². The Balaban J connectivity index is 2.49. The summed E-state index contributed by atoms with van der Waals surface area (Å²) in [5.41, 5.74) is 1.42. The smallest absolute Gasteiger partial charge is 0.104 e.